The van der Waals surface area contributed by atoms with Crippen LogP contribution in [0.2, 0.25) is 0 Å². The summed E-state index contributed by atoms with van der Waals surface area (Å²) < 4.78 is 0. The molecule has 5 aromatic rings. The molecule has 682 valence electrons. The third kappa shape index (κ3) is 35.1. The number of aromatic nitrogens is 1. The van der Waals surface area contributed by atoms with Gasteiger partial charge in [0.05, 0.1) is 31.8 Å². The van der Waals surface area contributed by atoms with Crippen molar-refractivity contribution in [2.24, 2.45) is 22.9 Å². The molecule has 0 radical (unpaired) electrons. The highest BCUT2D eigenvalue weighted by molar-refractivity contribution is 8.76. The Morgan fingerprint density at radius 3 is 1.33 bits per heavy atom. The van der Waals surface area contributed by atoms with E-state index in [9.17, 15) is 78.0 Å². The van der Waals surface area contributed by atoms with Gasteiger partial charge in [-0.1, -0.05) is 131 Å². The molecule has 2 aliphatic heterocycles. The topological polar surface area (TPSA) is 663 Å². The lowest BCUT2D eigenvalue weighted by molar-refractivity contribution is -0.142. The van der Waals surface area contributed by atoms with Gasteiger partial charge in [0, 0.05) is 61.2 Å². The highest BCUT2D eigenvalue weighted by Gasteiger charge is 2.40. The van der Waals surface area contributed by atoms with E-state index in [0.29, 0.717) is 71.8 Å². The molecule has 0 saturated carbocycles. The van der Waals surface area contributed by atoms with Gasteiger partial charge < -0.3 is 128 Å². The largest absolute Gasteiger partial charge is 0.481 e. The average molecular weight is 1780 g/mol. The van der Waals surface area contributed by atoms with Crippen molar-refractivity contribution in [2.45, 2.75) is 207 Å². The molecule has 7 rings (SSSR count). The van der Waals surface area contributed by atoms with Crippen molar-refractivity contribution in [3.05, 3.63) is 144 Å². The van der Waals surface area contributed by atoms with Crippen LogP contribution in [0.5, 0.6) is 0 Å². The highest BCUT2D eigenvalue weighted by atomic mass is 33.1. The molecule has 0 spiro atoms. The zero-order valence-electron chi connectivity index (χ0n) is 69.6. The number of nitrogens with two attached hydrogens (primary N) is 4. The predicted molar refractivity (Wildman–Crippen MR) is 463 cm³/mol. The van der Waals surface area contributed by atoms with Gasteiger partial charge in [-0.25, -0.2) is 4.79 Å². The third-order valence-electron chi connectivity index (χ3n) is 20.1. The van der Waals surface area contributed by atoms with Crippen LogP contribution < -0.4 is 97.4 Å². The van der Waals surface area contributed by atoms with Crippen molar-refractivity contribution < 1.29 is 102 Å². The van der Waals surface area contributed by atoms with E-state index in [-0.39, 0.29) is 89.6 Å². The number of H-pyrrole nitrogens is 1. The summed E-state index contributed by atoms with van der Waals surface area (Å²) in [5, 5.41) is 87.3. The maximum Gasteiger partial charge on any atom is 0.326 e. The number of carboxylic acids is 2. The molecule has 15 atom stereocenters. The lowest BCUT2D eigenvalue weighted by atomic mass is 10.00. The molecule has 1 aromatic heterocycles. The molecule has 14 amide bonds. The smallest absolute Gasteiger partial charge is 0.326 e. The number of para-hydroxylation sites is 1. The SMILES string of the molecule is CC(=O)O.C[C@@H](O)[C@@H]1NC(=O)C(CCCCN)NC(=O)[C@H](Cc2c[nH]c3ccccc23)NC(=O)C(Cc2ccccc2)NC(=O)[C@H](Cc2ccccc2)NC(=O)C(CC(N)=O)NC(=O)[C@H](CCCCN)NC(=O)[C@@H](NC(=O)[C@@H]2CCCN2)CSSCC(C(=O)N[C@@H](CCCCN)C(=O)O)NC(=O)[C@H](CO)NC(=O)C(CO)NC(=O)[C@H](Cc2ccccc2)NC1=O. The summed E-state index contributed by atoms with van der Waals surface area (Å²) in [5.41, 5.74) is 25.8. The van der Waals surface area contributed by atoms with Crippen molar-refractivity contribution in [3.63, 3.8) is 0 Å². The summed E-state index contributed by atoms with van der Waals surface area (Å²) in [5.74, 6) is -18.0. The second kappa shape index (κ2) is 54.2. The van der Waals surface area contributed by atoms with Gasteiger partial charge in [-0.15, -0.1) is 0 Å². The number of aliphatic hydroxyl groups excluding tert-OH is 3. The minimum Gasteiger partial charge on any atom is -0.481 e. The predicted octanol–water partition coefficient (Wildman–Crippen LogP) is -4.31. The fraction of sp³-hybridized carbons (Fsp3) is 0.494. The number of nitrogens with one attached hydrogen (secondary N) is 15. The molecule has 2 saturated heterocycles. The van der Waals surface area contributed by atoms with Crippen molar-refractivity contribution in [3.8, 4) is 0 Å². The molecule has 40 nitrogen and oxygen atoms in total. The van der Waals surface area contributed by atoms with Crippen LogP contribution in [0.25, 0.3) is 10.9 Å². The van der Waals surface area contributed by atoms with E-state index in [4.69, 9.17) is 32.8 Å². The van der Waals surface area contributed by atoms with E-state index in [1.807, 2.05) is 0 Å². The first kappa shape index (κ1) is 102. The number of unbranched alkanes of at least 4 members (excludes halogenated alkanes) is 3. The fourth-order valence-corrected chi connectivity index (χ4v) is 15.7. The maximum atomic E-state index is 15.4. The van der Waals surface area contributed by atoms with E-state index in [2.05, 4.69) is 79.4 Å². The first-order chi connectivity index (χ1) is 59.9. The Labute approximate surface area is 730 Å². The number of carboxylic acid groups (broad SMARTS) is 2. The quantitative estimate of drug-likeness (QED) is 0.0153. The molecule has 4 aromatic carbocycles. The molecule has 42 heteroatoms. The van der Waals surface area contributed by atoms with Gasteiger partial charge in [-0.05, 0) is 132 Å². The molecular formula is C83H117N19O21S2. The Hall–Kier alpha value is -11.6. The van der Waals surface area contributed by atoms with E-state index in [1.54, 1.807) is 121 Å². The standard InChI is InChI=1S/C81H113N19O19S2.C2H4O2/c1-46(103)67-80(117)95-59(38-49-24-9-4-10-25-49)73(110)96-62(42-101)76(113)97-63(43-102)77(114)99-65(79(116)90-56(81(118)119)30-15-18-34-84)45-121-120-44-64(98-68(105)53-31-19-35-86-53)78(115)89-54(28-13-16-32-82)69(106)94-61(40-66(85)104)75(112)92-57(36-47-20-5-2-6-21-47)71(108)91-58(37-48-22-7-3-8-23-48)72(109)93-60(39-50-41-87-52-27-12-11-26-51(50)52)74(111)88-55(70(107)100-67)29-14-17-33-83;1-2(3)4/h2-12,20-27,41,46,53-65,67,86-87,101-103H,13-19,28-40,42-45,82-84H2,1H3,(H2,85,104)(H,88,111)(H,89,115)(H,90,116)(H,91,108)(H,92,112)(H,93,109)(H,94,106)(H,95,117)(H,96,110)(H,97,113)(H,98,105)(H,99,114)(H,100,107)(H,118,119);1H3,(H,3,4)/t46-,53+,54+,55?,56+,57+,58?,59+,60+,61?,62?,63+,64+,65?,67+;/m1./s1. The Kier molecular flexibility index (Phi) is 44.3. The van der Waals surface area contributed by atoms with Crippen LogP contribution >= 0.6 is 21.6 Å². The Morgan fingerprint density at radius 2 is 0.864 bits per heavy atom. The van der Waals surface area contributed by atoms with Crippen LogP contribution in [0.1, 0.15) is 113 Å². The average Bonchev–Trinajstić information content (AvgIpc) is 1.74. The molecule has 125 heavy (non-hydrogen) atoms. The monoisotopic (exact) mass is 1780 g/mol. The van der Waals surface area contributed by atoms with Gasteiger partial charge in [0.25, 0.3) is 5.97 Å². The molecule has 2 aliphatic rings. The van der Waals surface area contributed by atoms with Crippen LogP contribution in [0.4, 0.5) is 0 Å². The summed E-state index contributed by atoms with van der Waals surface area (Å²) in [6.45, 7) is 0.742. The first-order valence-corrected chi connectivity index (χ1v) is 43.7. The maximum absolute atomic E-state index is 15.4. The van der Waals surface area contributed by atoms with Gasteiger partial charge in [0.15, 0.2) is 0 Å². The number of benzene rings is 4. The number of hydrogen-bond donors (Lipinski definition) is 24. The lowest BCUT2D eigenvalue weighted by Gasteiger charge is -2.29. The molecule has 28 N–H and O–H groups in total. The van der Waals surface area contributed by atoms with E-state index in [1.165, 1.54) is 0 Å². The van der Waals surface area contributed by atoms with Crippen LogP contribution in [0, 0.1) is 0 Å². The van der Waals surface area contributed by atoms with E-state index < -0.39 is 211 Å². The van der Waals surface area contributed by atoms with Gasteiger partial charge in [0.1, 0.15) is 78.5 Å². The van der Waals surface area contributed by atoms with Gasteiger partial charge >= 0.3 is 5.97 Å². The van der Waals surface area contributed by atoms with Gasteiger partial charge in [-0.3, -0.25) is 71.9 Å². The molecule has 2 fully saturated rings. The number of aromatic amines is 1. The molecular weight excluding hydrogens is 1660 g/mol. The summed E-state index contributed by atoms with van der Waals surface area (Å²) >= 11 is 0. The van der Waals surface area contributed by atoms with Crippen LogP contribution in [0.3, 0.4) is 0 Å². The van der Waals surface area contributed by atoms with Crippen molar-refractivity contribution in [1.29, 1.82) is 0 Å². The molecule has 0 bridgehead atoms. The van der Waals surface area contributed by atoms with Crippen LogP contribution in [0.15, 0.2) is 121 Å². The molecule has 0 aliphatic carbocycles. The Bertz CT molecular complexity index is 4400. The minimum absolute atomic E-state index is 0.118. The fourth-order valence-electron chi connectivity index (χ4n) is 13.4. The molecule has 5 unspecified atom stereocenters. The van der Waals surface area contributed by atoms with Crippen LogP contribution in [-0.2, 0) is 102 Å². The van der Waals surface area contributed by atoms with E-state index in [0.717, 1.165) is 35.4 Å². The Balaban J connectivity index is 0.00000590. The number of amides is 14. The van der Waals surface area contributed by atoms with Crippen molar-refractivity contribution in [2.75, 3.05) is 50.9 Å². The van der Waals surface area contributed by atoms with Gasteiger partial charge in [0.2, 0.25) is 82.7 Å². The minimum atomic E-state index is -1.99. The summed E-state index contributed by atoms with van der Waals surface area (Å²) in [7, 11) is 1.68. The van der Waals surface area contributed by atoms with Crippen LogP contribution in [-0.4, -0.2) is 267 Å². The van der Waals surface area contributed by atoms with Crippen molar-refractivity contribution in [1.82, 2.24) is 79.4 Å². The molecule has 3 heterocycles. The number of aliphatic hydroxyl groups is 3. The zero-order valence-corrected chi connectivity index (χ0v) is 71.2. The summed E-state index contributed by atoms with van der Waals surface area (Å²) in [6, 6.07) is 8.82. The second-order valence-electron chi connectivity index (χ2n) is 30.1. The summed E-state index contributed by atoms with van der Waals surface area (Å²) in [4.78, 5) is 230. The number of aliphatic carboxylic acids is 2. The number of fused-ring (bicyclic) bond motifs is 1. The number of primary amides is 1. The number of carbonyl (C=O) groups is 16. The zero-order chi connectivity index (χ0) is 91.5. The Morgan fingerprint density at radius 1 is 0.464 bits per heavy atom. The normalized spacial score (nSPS) is 23.6. The van der Waals surface area contributed by atoms with Crippen molar-refractivity contribution >= 4 is 127 Å². The summed E-state index contributed by atoms with van der Waals surface area (Å²) in [6.07, 6.45) is -0.0726. The second-order valence-corrected chi connectivity index (χ2v) is 32.6. The number of hydrogen-bond acceptors (Lipinski definition) is 25. The lowest BCUT2D eigenvalue weighted by Crippen LogP contribution is -2.63. The van der Waals surface area contributed by atoms with Gasteiger partial charge in [-0.2, -0.15) is 0 Å². The first-order valence-electron chi connectivity index (χ1n) is 41.2. The number of rotatable bonds is 30. The third-order valence-corrected chi connectivity index (χ3v) is 22.5. The highest BCUT2D eigenvalue weighted by Crippen LogP contribution is 2.25. The van der Waals surface area contributed by atoms with E-state index >= 15 is 14.4 Å². The number of carbonyl (C=O) groups excluding carboxylic acids is 14.